The Morgan fingerprint density at radius 2 is 1.96 bits per heavy atom. The molecule has 0 saturated carbocycles. The van der Waals surface area contributed by atoms with Gasteiger partial charge in [0.15, 0.2) is 11.4 Å². The molecular formula is C17H25ClN4O2. The maximum absolute atomic E-state index is 12.3. The fourth-order valence-corrected chi connectivity index (χ4v) is 2.22. The predicted molar refractivity (Wildman–Crippen MR) is 97.5 cm³/mol. The van der Waals surface area contributed by atoms with Crippen molar-refractivity contribution in [1.82, 2.24) is 20.0 Å². The van der Waals surface area contributed by atoms with E-state index in [1.165, 1.54) is 21.3 Å². The van der Waals surface area contributed by atoms with E-state index >= 15 is 0 Å². The summed E-state index contributed by atoms with van der Waals surface area (Å²) in [5.41, 5.74) is 2.10. The minimum atomic E-state index is -0.296. The average Bonchev–Trinajstić information content (AvgIpc) is 2.93. The fourth-order valence-electron chi connectivity index (χ4n) is 2.22. The van der Waals surface area contributed by atoms with Gasteiger partial charge in [0.25, 0.3) is 5.91 Å². The lowest BCUT2D eigenvalue weighted by Gasteiger charge is -2.15. The van der Waals surface area contributed by atoms with Crippen LogP contribution < -0.4 is 5.32 Å². The first-order chi connectivity index (χ1) is 10.9. The summed E-state index contributed by atoms with van der Waals surface area (Å²) in [6, 6.07) is 7.92. The van der Waals surface area contributed by atoms with Crippen LogP contribution in [0.3, 0.4) is 0 Å². The number of aromatic hydroxyl groups is 1. The van der Waals surface area contributed by atoms with E-state index in [1.807, 2.05) is 31.3 Å². The average molecular weight is 353 g/mol. The van der Waals surface area contributed by atoms with Gasteiger partial charge >= 0.3 is 0 Å². The lowest BCUT2D eigenvalue weighted by atomic mass is 10.0. The number of aromatic nitrogens is 2. The Hall–Kier alpha value is -2.05. The van der Waals surface area contributed by atoms with Crippen molar-refractivity contribution in [2.45, 2.75) is 19.8 Å². The third kappa shape index (κ3) is 4.49. The number of nitrogens with zero attached hydrogens (tertiary/aromatic N) is 3. The summed E-state index contributed by atoms with van der Waals surface area (Å²) in [4.78, 5) is 13.9. The number of likely N-dealkylation sites (N-methyl/N-ethyl adjacent to an activating group) is 2. The molecule has 2 aromatic rings. The molecule has 0 saturated heterocycles. The summed E-state index contributed by atoms with van der Waals surface area (Å²) in [6.45, 7) is 5.49. The van der Waals surface area contributed by atoms with Crippen LogP contribution in [-0.2, 0) is 0 Å². The van der Waals surface area contributed by atoms with Crippen molar-refractivity contribution in [3.8, 4) is 11.4 Å². The van der Waals surface area contributed by atoms with Gasteiger partial charge in [0.2, 0.25) is 0 Å². The van der Waals surface area contributed by atoms with Gasteiger partial charge in [-0.1, -0.05) is 26.0 Å². The summed E-state index contributed by atoms with van der Waals surface area (Å²) in [6.07, 6.45) is 1.46. The zero-order valence-electron chi connectivity index (χ0n) is 14.5. The summed E-state index contributed by atoms with van der Waals surface area (Å²) in [7, 11) is 3.51. The van der Waals surface area contributed by atoms with Crippen molar-refractivity contribution in [2.75, 3.05) is 27.2 Å². The Morgan fingerprint density at radius 3 is 2.50 bits per heavy atom. The lowest BCUT2D eigenvalue weighted by molar-refractivity contribution is 0.0787. The number of hydrogen-bond acceptors (Lipinski definition) is 4. The van der Waals surface area contributed by atoms with Crippen LogP contribution in [0, 0.1) is 0 Å². The van der Waals surface area contributed by atoms with E-state index in [-0.39, 0.29) is 29.8 Å². The number of carbonyl (C=O) groups is 1. The van der Waals surface area contributed by atoms with Crippen molar-refractivity contribution in [2.24, 2.45) is 0 Å². The van der Waals surface area contributed by atoms with Crippen LogP contribution in [0.1, 0.15) is 35.8 Å². The first kappa shape index (κ1) is 20.0. The van der Waals surface area contributed by atoms with Gasteiger partial charge in [-0.25, -0.2) is 4.68 Å². The maximum atomic E-state index is 12.3. The van der Waals surface area contributed by atoms with Crippen LogP contribution in [0.4, 0.5) is 0 Å². The number of nitrogens with one attached hydrogen (secondary N) is 1. The molecule has 2 rings (SSSR count). The molecule has 1 heterocycles. The van der Waals surface area contributed by atoms with Gasteiger partial charge in [-0.05, 0) is 30.7 Å². The Balaban J connectivity index is 0.00000288. The van der Waals surface area contributed by atoms with E-state index in [4.69, 9.17) is 0 Å². The minimum absolute atomic E-state index is 0. The topological polar surface area (TPSA) is 70.4 Å². The lowest BCUT2D eigenvalue weighted by Crippen LogP contribution is -2.33. The smallest absolute Gasteiger partial charge is 0.278 e. The van der Waals surface area contributed by atoms with Crippen molar-refractivity contribution in [1.29, 1.82) is 0 Å². The van der Waals surface area contributed by atoms with Gasteiger partial charge in [0.1, 0.15) is 0 Å². The number of rotatable bonds is 6. The van der Waals surface area contributed by atoms with Gasteiger partial charge < -0.3 is 15.3 Å². The molecule has 0 atom stereocenters. The number of halogens is 1. The Bertz CT molecular complexity index is 668. The van der Waals surface area contributed by atoms with Crippen LogP contribution >= 0.6 is 12.4 Å². The molecular weight excluding hydrogens is 328 g/mol. The Labute approximate surface area is 148 Å². The molecule has 6 nitrogen and oxygen atoms in total. The molecule has 0 aliphatic carbocycles. The van der Waals surface area contributed by atoms with Gasteiger partial charge in [0, 0.05) is 20.1 Å². The number of benzene rings is 1. The zero-order valence-corrected chi connectivity index (χ0v) is 15.3. The second-order valence-electron chi connectivity index (χ2n) is 5.88. The summed E-state index contributed by atoms with van der Waals surface area (Å²) in [5.74, 6) is 0.0441. The van der Waals surface area contributed by atoms with Gasteiger partial charge in [-0.2, -0.15) is 5.10 Å². The van der Waals surface area contributed by atoms with E-state index in [0.717, 1.165) is 5.69 Å². The molecule has 0 aliphatic rings. The largest absolute Gasteiger partial charge is 0.504 e. The van der Waals surface area contributed by atoms with Crippen LogP contribution in [0.5, 0.6) is 5.75 Å². The molecule has 1 aromatic carbocycles. The molecule has 0 fully saturated rings. The third-order valence-electron chi connectivity index (χ3n) is 3.77. The van der Waals surface area contributed by atoms with E-state index < -0.39 is 0 Å². The zero-order chi connectivity index (χ0) is 17.0. The van der Waals surface area contributed by atoms with E-state index in [2.05, 4.69) is 24.3 Å². The molecule has 0 unspecified atom stereocenters. The highest BCUT2D eigenvalue weighted by Gasteiger charge is 2.20. The molecule has 0 radical (unpaired) electrons. The molecule has 0 spiro atoms. The van der Waals surface area contributed by atoms with Gasteiger partial charge in [-0.3, -0.25) is 4.79 Å². The van der Waals surface area contributed by atoms with Crippen molar-refractivity contribution >= 4 is 18.3 Å². The highest BCUT2D eigenvalue weighted by molar-refractivity contribution is 5.94. The SMILES string of the molecule is CNCCN(C)C(=O)c1nn(-c2ccc(C(C)C)cc2)cc1O.Cl. The highest BCUT2D eigenvalue weighted by atomic mass is 35.5. The molecule has 24 heavy (non-hydrogen) atoms. The van der Waals surface area contributed by atoms with Crippen molar-refractivity contribution < 1.29 is 9.90 Å². The standard InChI is InChI=1S/C17H24N4O2.ClH/c1-12(2)13-5-7-14(8-6-13)21-11-15(22)16(19-21)17(23)20(4)10-9-18-3;/h5-8,11-12,18,22H,9-10H2,1-4H3;1H. The van der Waals surface area contributed by atoms with Crippen molar-refractivity contribution in [3.05, 3.63) is 41.7 Å². The van der Waals surface area contributed by atoms with Crippen LogP contribution in [0.25, 0.3) is 5.69 Å². The first-order valence-corrected chi connectivity index (χ1v) is 7.73. The second-order valence-corrected chi connectivity index (χ2v) is 5.88. The normalized spacial score (nSPS) is 10.5. The van der Waals surface area contributed by atoms with Crippen LogP contribution in [-0.4, -0.2) is 52.9 Å². The quantitative estimate of drug-likeness (QED) is 0.837. The van der Waals surface area contributed by atoms with E-state index in [9.17, 15) is 9.90 Å². The minimum Gasteiger partial charge on any atom is -0.504 e. The fraction of sp³-hybridized carbons (Fsp3) is 0.412. The third-order valence-corrected chi connectivity index (χ3v) is 3.77. The van der Waals surface area contributed by atoms with E-state index in [1.54, 1.807) is 7.05 Å². The van der Waals surface area contributed by atoms with Gasteiger partial charge in [-0.15, -0.1) is 12.4 Å². The summed E-state index contributed by atoms with van der Waals surface area (Å²) in [5, 5.41) is 17.3. The molecule has 0 aliphatic heterocycles. The number of carbonyl (C=O) groups excluding carboxylic acids is 1. The maximum Gasteiger partial charge on any atom is 0.278 e. The number of hydrogen-bond donors (Lipinski definition) is 2. The Morgan fingerprint density at radius 1 is 1.33 bits per heavy atom. The summed E-state index contributed by atoms with van der Waals surface area (Å²) < 4.78 is 1.53. The second kappa shape index (κ2) is 8.70. The highest BCUT2D eigenvalue weighted by Crippen LogP contribution is 2.21. The monoisotopic (exact) mass is 352 g/mol. The van der Waals surface area contributed by atoms with Gasteiger partial charge in [0.05, 0.1) is 11.9 Å². The molecule has 2 N–H and O–H groups in total. The Kier molecular flexibility index (Phi) is 7.25. The van der Waals surface area contributed by atoms with Crippen LogP contribution in [0.15, 0.2) is 30.5 Å². The predicted octanol–water partition coefficient (Wildman–Crippen LogP) is 2.41. The van der Waals surface area contributed by atoms with Crippen molar-refractivity contribution in [3.63, 3.8) is 0 Å². The molecule has 7 heteroatoms. The molecule has 0 bridgehead atoms. The summed E-state index contributed by atoms with van der Waals surface area (Å²) >= 11 is 0. The molecule has 132 valence electrons. The number of amides is 1. The van der Waals surface area contributed by atoms with E-state index in [0.29, 0.717) is 19.0 Å². The van der Waals surface area contributed by atoms with Crippen LogP contribution in [0.2, 0.25) is 0 Å². The molecule has 1 aromatic heterocycles. The molecule has 1 amide bonds. The first-order valence-electron chi connectivity index (χ1n) is 7.73.